The molecule has 80 valence electrons. The molecule has 0 spiro atoms. The average molecular weight is 206 g/mol. The molecule has 1 saturated carbocycles. The summed E-state index contributed by atoms with van der Waals surface area (Å²) in [5, 5.41) is 13.6. The molecule has 1 fully saturated rings. The molecule has 1 heterocycles. The lowest BCUT2D eigenvalue weighted by molar-refractivity contribution is -0.119. The van der Waals surface area contributed by atoms with Crippen LogP contribution >= 0.6 is 0 Å². The van der Waals surface area contributed by atoms with E-state index in [0.29, 0.717) is 11.9 Å². The molecule has 0 unspecified atom stereocenters. The van der Waals surface area contributed by atoms with Crippen molar-refractivity contribution >= 4 is 11.7 Å². The molecule has 0 aliphatic heterocycles. The summed E-state index contributed by atoms with van der Waals surface area (Å²) in [6.07, 6.45) is 2.21. The van der Waals surface area contributed by atoms with Crippen LogP contribution in [0.1, 0.15) is 18.5 Å². The third-order valence-electron chi connectivity index (χ3n) is 2.17. The van der Waals surface area contributed by atoms with Crippen LogP contribution in [0.5, 0.6) is 0 Å². The molecule has 1 amide bonds. The molecule has 2 rings (SSSR count). The number of carbonyl (C=O) groups excluding carboxylic acids is 1. The fraction of sp³-hybridized carbons (Fsp3) is 0.500. The molecule has 1 aliphatic rings. The zero-order valence-corrected chi connectivity index (χ0v) is 8.66. The number of nitrogens with one attached hydrogen (secondary N) is 2. The van der Waals surface area contributed by atoms with Crippen molar-refractivity contribution < 1.29 is 4.79 Å². The standard InChI is InChI=1S/C10H14N4O/c1-7-2-5-9(14-13-7)11-6-10(15)12-8-3-4-8/h2,5,8H,3-4,6H2,1H3,(H,11,14)(H,12,15). The van der Waals surface area contributed by atoms with E-state index in [0.717, 1.165) is 18.5 Å². The van der Waals surface area contributed by atoms with Gasteiger partial charge in [-0.05, 0) is 31.9 Å². The average Bonchev–Trinajstić information content (AvgIpc) is 3.01. The summed E-state index contributed by atoms with van der Waals surface area (Å²) in [4.78, 5) is 11.3. The minimum atomic E-state index is 0.0138. The maximum Gasteiger partial charge on any atom is 0.239 e. The van der Waals surface area contributed by atoms with Crippen LogP contribution < -0.4 is 10.6 Å². The van der Waals surface area contributed by atoms with Gasteiger partial charge in [-0.15, -0.1) is 5.10 Å². The number of aromatic nitrogens is 2. The number of aryl methyl sites for hydroxylation is 1. The van der Waals surface area contributed by atoms with E-state index in [1.165, 1.54) is 0 Å². The van der Waals surface area contributed by atoms with Gasteiger partial charge in [0.05, 0.1) is 12.2 Å². The number of carbonyl (C=O) groups is 1. The maximum absolute atomic E-state index is 11.3. The zero-order chi connectivity index (χ0) is 10.7. The second-order valence-electron chi connectivity index (χ2n) is 3.76. The number of nitrogens with zero attached hydrogens (tertiary/aromatic N) is 2. The molecule has 5 heteroatoms. The Hall–Kier alpha value is -1.65. The van der Waals surface area contributed by atoms with Crippen LogP contribution in [0, 0.1) is 6.92 Å². The highest BCUT2D eigenvalue weighted by molar-refractivity contribution is 5.80. The van der Waals surface area contributed by atoms with Crippen LogP contribution in [0.4, 0.5) is 5.82 Å². The molecule has 2 N–H and O–H groups in total. The number of hydrogen-bond donors (Lipinski definition) is 2. The molecular formula is C10H14N4O. The van der Waals surface area contributed by atoms with Gasteiger partial charge in [-0.25, -0.2) is 0 Å². The van der Waals surface area contributed by atoms with Gasteiger partial charge in [-0.3, -0.25) is 4.79 Å². The quantitative estimate of drug-likeness (QED) is 0.751. The molecule has 1 aromatic heterocycles. The predicted octanol–water partition coefficient (Wildman–Crippen LogP) is 0.476. The lowest BCUT2D eigenvalue weighted by Gasteiger charge is -2.05. The first kappa shape index (κ1) is 9.89. The van der Waals surface area contributed by atoms with E-state index in [1.807, 2.05) is 19.1 Å². The Morgan fingerprint density at radius 2 is 2.27 bits per heavy atom. The van der Waals surface area contributed by atoms with Crippen LogP contribution in [0.25, 0.3) is 0 Å². The smallest absolute Gasteiger partial charge is 0.239 e. The summed E-state index contributed by atoms with van der Waals surface area (Å²) < 4.78 is 0. The number of rotatable bonds is 4. The second-order valence-corrected chi connectivity index (χ2v) is 3.76. The van der Waals surface area contributed by atoms with Gasteiger partial charge in [-0.2, -0.15) is 5.10 Å². The minimum Gasteiger partial charge on any atom is -0.360 e. The van der Waals surface area contributed by atoms with Crippen LogP contribution in [-0.2, 0) is 4.79 Å². The van der Waals surface area contributed by atoms with Crippen molar-refractivity contribution in [2.24, 2.45) is 0 Å². The first-order chi connectivity index (χ1) is 7.24. The van der Waals surface area contributed by atoms with Crippen LogP contribution in [0.3, 0.4) is 0 Å². The van der Waals surface area contributed by atoms with E-state index in [9.17, 15) is 4.79 Å². The van der Waals surface area contributed by atoms with Crippen molar-refractivity contribution in [3.8, 4) is 0 Å². The Morgan fingerprint density at radius 1 is 1.47 bits per heavy atom. The van der Waals surface area contributed by atoms with E-state index in [-0.39, 0.29) is 12.5 Å². The largest absolute Gasteiger partial charge is 0.360 e. The fourth-order valence-electron chi connectivity index (χ4n) is 1.17. The molecule has 1 aliphatic carbocycles. The van der Waals surface area contributed by atoms with Crippen molar-refractivity contribution in [3.05, 3.63) is 17.8 Å². The van der Waals surface area contributed by atoms with Crippen molar-refractivity contribution in [1.29, 1.82) is 0 Å². The van der Waals surface area contributed by atoms with Gasteiger partial charge in [0.15, 0.2) is 0 Å². The molecule has 15 heavy (non-hydrogen) atoms. The van der Waals surface area contributed by atoms with Gasteiger partial charge in [-0.1, -0.05) is 0 Å². The normalized spacial score (nSPS) is 14.7. The summed E-state index contributed by atoms with van der Waals surface area (Å²) in [7, 11) is 0. The van der Waals surface area contributed by atoms with Crippen LogP contribution in [-0.4, -0.2) is 28.7 Å². The Balaban J connectivity index is 1.76. The van der Waals surface area contributed by atoms with Crippen LogP contribution in [0.15, 0.2) is 12.1 Å². The van der Waals surface area contributed by atoms with E-state index < -0.39 is 0 Å². The molecule has 0 aromatic carbocycles. The summed E-state index contributed by atoms with van der Waals surface area (Å²) in [5.74, 6) is 0.645. The van der Waals surface area contributed by atoms with Crippen LogP contribution in [0.2, 0.25) is 0 Å². The minimum absolute atomic E-state index is 0.0138. The van der Waals surface area contributed by atoms with Gasteiger partial charge in [0, 0.05) is 6.04 Å². The first-order valence-electron chi connectivity index (χ1n) is 5.07. The van der Waals surface area contributed by atoms with E-state index in [4.69, 9.17) is 0 Å². The fourth-order valence-corrected chi connectivity index (χ4v) is 1.17. The summed E-state index contributed by atoms with van der Waals surface area (Å²) in [5.41, 5.74) is 0.864. The van der Waals surface area contributed by atoms with E-state index in [2.05, 4.69) is 20.8 Å². The summed E-state index contributed by atoms with van der Waals surface area (Å²) >= 11 is 0. The SMILES string of the molecule is Cc1ccc(NCC(=O)NC2CC2)nn1. The molecule has 0 saturated heterocycles. The van der Waals surface area contributed by atoms with Gasteiger partial charge < -0.3 is 10.6 Å². The third kappa shape index (κ3) is 3.19. The van der Waals surface area contributed by atoms with Gasteiger partial charge in [0.25, 0.3) is 0 Å². The lowest BCUT2D eigenvalue weighted by atomic mass is 10.4. The van der Waals surface area contributed by atoms with Gasteiger partial charge >= 0.3 is 0 Å². The Kier molecular flexibility index (Phi) is 2.80. The summed E-state index contributed by atoms with van der Waals surface area (Å²) in [6, 6.07) is 4.07. The molecule has 0 radical (unpaired) electrons. The Labute approximate surface area is 88.3 Å². The molecule has 5 nitrogen and oxygen atoms in total. The third-order valence-corrected chi connectivity index (χ3v) is 2.17. The zero-order valence-electron chi connectivity index (χ0n) is 8.66. The van der Waals surface area contributed by atoms with Crippen molar-refractivity contribution in [3.63, 3.8) is 0 Å². The predicted molar refractivity (Wildman–Crippen MR) is 56.4 cm³/mol. The molecule has 1 aromatic rings. The topological polar surface area (TPSA) is 66.9 Å². The number of hydrogen-bond acceptors (Lipinski definition) is 4. The number of anilines is 1. The maximum atomic E-state index is 11.3. The van der Waals surface area contributed by atoms with Crippen molar-refractivity contribution in [1.82, 2.24) is 15.5 Å². The highest BCUT2D eigenvalue weighted by Crippen LogP contribution is 2.18. The van der Waals surface area contributed by atoms with Gasteiger partial charge in [0.1, 0.15) is 5.82 Å². The van der Waals surface area contributed by atoms with E-state index in [1.54, 1.807) is 0 Å². The van der Waals surface area contributed by atoms with Gasteiger partial charge in [0.2, 0.25) is 5.91 Å². The lowest BCUT2D eigenvalue weighted by Crippen LogP contribution is -2.31. The number of amides is 1. The first-order valence-corrected chi connectivity index (χ1v) is 5.07. The highest BCUT2D eigenvalue weighted by Gasteiger charge is 2.22. The Bertz CT molecular complexity index is 345. The second kappa shape index (κ2) is 4.25. The molecule has 0 atom stereocenters. The molecular weight excluding hydrogens is 192 g/mol. The summed E-state index contributed by atoms with van der Waals surface area (Å²) in [6.45, 7) is 2.13. The monoisotopic (exact) mass is 206 g/mol. The van der Waals surface area contributed by atoms with Crippen molar-refractivity contribution in [2.45, 2.75) is 25.8 Å². The van der Waals surface area contributed by atoms with Crippen molar-refractivity contribution in [2.75, 3.05) is 11.9 Å². The Morgan fingerprint density at radius 3 is 2.87 bits per heavy atom. The highest BCUT2D eigenvalue weighted by atomic mass is 16.2. The van der Waals surface area contributed by atoms with E-state index >= 15 is 0 Å². The molecule has 0 bridgehead atoms.